The molecule has 4 aromatic heterocycles. The molecule has 1 N–H and O–H groups in total. The number of allylic oxidation sites excluding steroid dienone is 1. The quantitative estimate of drug-likeness (QED) is 0.377. The topological polar surface area (TPSA) is 128 Å². The van der Waals surface area contributed by atoms with Gasteiger partial charge in [0.25, 0.3) is 0 Å². The molecule has 1 aliphatic heterocycles. The molecule has 12 heteroatoms. The second kappa shape index (κ2) is 10.1. The lowest BCUT2D eigenvalue weighted by atomic mass is 9.82. The summed E-state index contributed by atoms with van der Waals surface area (Å²) in [4.78, 5) is 35.2. The molecular formula is C25H27ClN8O3. The summed E-state index contributed by atoms with van der Waals surface area (Å²) >= 11 is 6.32. The predicted molar refractivity (Wildman–Crippen MR) is 138 cm³/mol. The Bertz CT molecular complexity index is 1480. The maximum atomic E-state index is 11.6. The van der Waals surface area contributed by atoms with Crippen LogP contribution in [0.15, 0.2) is 40.4 Å². The van der Waals surface area contributed by atoms with E-state index in [9.17, 15) is 4.79 Å². The van der Waals surface area contributed by atoms with E-state index < -0.39 is 5.76 Å². The molecule has 11 nitrogen and oxygen atoms in total. The SMILES string of the molecule is C=C[C@H]1CC[C@H](Cn2c(N3CCOCC3)nc3nc(-c4noc(=O)[nH]4)nc(-c4cncc(Cl)c4)c32)CC1. The standard InChI is InChI=1S/C25H27ClN8O3/c1-2-15-3-5-16(6-4-15)14-34-20-19(17-11-18(26)13-27-12-17)28-22(23-31-25(35)37-32-23)29-21(20)30-24(34)33-7-9-36-10-8-33/h2,11-13,15-16H,1,3-10,14H2,(H,31,32,35)/t15-,16-. The van der Waals surface area contributed by atoms with Crippen molar-refractivity contribution in [2.75, 3.05) is 31.2 Å². The van der Waals surface area contributed by atoms with Gasteiger partial charge in [-0.25, -0.2) is 14.8 Å². The van der Waals surface area contributed by atoms with Crippen molar-refractivity contribution in [2.45, 2.75) is 32.2 Å². The molecule has 1 saturated carbocycles. The Kier molecular flexibility index (Phi) is 6.47. The molecule has 4 aromatic rings. The third-order valence-electron chi connectivity index (χ3n) is 7.17. The van der Waals surface area contributed by atoms with Crippen LogP contribution in [0.3, 0.4) is 0 Å². The van der Waals surface area contributed by atoms with Crippen molar-refractivity contribution in [1.29, 1.82) is 0 Å². The molecule has 1 aliphatic carbocycles. The lowest BCUT2D eigenvalue weighted by Gasteiger charge is -2.31. The summed E-state index contributed by atoms with van der Waals surface area (Å²) in [6.45, 7) is 7.51. The number of halogens is 1. The highest BCUT2D eigenvalue weighted by atomic mass is 35.5. The largest absolute Gasteiger partial charge is 0.439 e. The third kappa shape index (κ3) is 4.76. The summed E-state index contributed by atoms with van der Waals surface area (Å²) in [5, 5.41) is 4.28. The van der Waals surface area contributed by atoms with E-state index in [0.717, 1.165) is 62.3 Å². The highest BCUT2D eigenvalue weighted by molar-refractivity contribution is 6.30. The lowest BCUT2D eigenvalue weighted by molar-refractivity contribution is 0.121. The molecule has 0 spiro atoms. The maximum absolute atomic E-state index is 11.6. The van der Waals surface area contributed by atoms with Gasteiger partial charge >= 0.3 is 5.76 Å². The summed E-state index contributed by atoms with van der Waals surface area (Å²) in [6, 6.07) is 1.81. The van der Waals surface area contributed by atoms with Crippen molar-refractivity contribution in [3.05, 3.63) is 46.7 Å². The van der Waals surface area contributed by atoms with Crippen LogP contribution in [0.1, 0.15) is 25.7 Å². The Labute approximate surface area is 217 Å². The number of nitrogens with one attached hydrogen (secondary N) is 1. The molecule has 0 atom stereocenters. The monoisotopic (exact) mass is 522 g/mol. The number of H-pyrrole nitrogens is 1. The Morgan fingerprint density at radius 2 is 1.95 bits per heavy atom. The molecule has 2 fully saturated rings. The first kappa shape index (κ1) is 23.8. The molecule has 6 rings (SSSR count). The Balaban J connectivity index is 1.54. The average molecular weight is 523 g/mol. The van der Waals surface area contributed by atoms with Crippen LogP contribution < -0.4 is 10.7 Å². The van der Waals surface area contributed by atoms with Crippen LogP contribution in [0.2, 0.25) is 5.02 Å². The van der Waals surface area contributed by atoms with E-state index in [1.54, 1.807) is 12.4 Å². The number of morpholine rings is 1. The predicted octanol–water partition coefficient (Wildman–Crippen LogP) is 3.71. The minimum absolute atomic E-state index is 0.133. The van der Waals surface area contributed by atoms with Gasteiger partial charge in [-0.15, -0.1) is 6.58 Å². The zero-order valence-electron chi connectivity index (χ0n) is 20.3. The summed E-state index contributed by atoms with van der Waals surface area (Å²) in [7, 11) is 0. The number of aromatic amines is 1. The van der Waals surface area contributed by atoms with Crippen molar-refractivity contribution in [1.82, 2.24) is 34.6 Å². The van der Waals surface area contributed by atoms with E-state index in [2.05, 4.69) is 37.2 Å². The highest BCUT2D eigenvalue weighted by Gasteiger charge is 2.28. The normalized spacial score (nSPS) is 20.4. The fourth-order valence-electron chi connectivity index (χ4n) is 5.24. The molecule has 2 aliphatic rings. The van der Waals surface area contributed by atoms with Gasteiger partial charge in [0.15, 0.2) is 5.65 Å². The van der Waals surface area contributed by atoms with Crippen LogP contribution in [-0.2, 0) is 11.3 Å². The van der Waals surface area contributed by atoms with Crippen LogP contribution in [0.4, 0.5) is 5.95 Å². The summed E-state index contributed by atoms with van der Waals surface area (Å²) in [5.41, 5.74) is 2.64. The van der Waals surface area contributed by atoms with Gasteiger partial charge in [0.05, 0.1) is 18.2 Å². The van der Waals surface area contributed by atoms with E-state index in [0.29, 0.717) is 41.4 Å². The lowest BCUT2D eigenvalue weighted by Crippen LogP contribution is -2.38. The number of aromatic nitrogens is 7. The van der Waals surface area contributed by atoms with Crippen LogP contribution in [-0.4, -0.2) is 60.9 Å². The van der Waals surface area contributed by atoms with Gasteiger partial charge in [-0.2, -0.15) is 4.98 Å². The van der Waals surface area contributed by atoms with Crippen LogP contribution in [0, 0.1) is 11.8 Å². The molecule has 0 unspecified atom stereocenters. The van der Waals surface area contributed by atoms with Gasteiger partial charge in [-0.05, 0) is 43.6 Å². The van der Waals surface area contributed by atoms with Gasteiger partial charge < -0.3 is 14.2 Å². The second-order valence-electron chi connectivity index (χ2n) is 9.54. The highest BCUT2D eigenvalue weighted by Crippen LogP contribution is 2.36. The molecule has 37 heavy (non-hydrogen) atoms. The van der Waals surface area contributed by atoms with Crippen molar-refractivity contribution >= 4 is 28.7 Å². The first-order chi connectivity index (χ1) is 18.1. The fourth-order valence-corrected chi connectivity index (χ4v) is 5.42. The first-order valence-corrected chi connectivity index (χ1v) is 12.9. The van der Waals surface area contributed by atoms with Crippen molar-refractivity contribution in [3.8, 4) is 22.9 Å². The van der Waals surface area contributed by atoms with Crippen LogP contribution >= 0.6 is 11.6 Å². The van der Waals surface area contributed by atoms with Gasteiger partial charge in [0.1, 0.15) is 11.2 Å². The number of rotatable bonds is 6. The van der Waals surface area contributed by atoms with E-state index in [-0.39, 0.29) is 11.6 Å². The molecule has 0 radical (unpaired) electrons. The molecular weight excluding hydrogens is 496 g/mol. The number of hydrogen-bond donors (Lipinski definition) is 1. The van der Waals surface area contributed by atoms with Gasteiger partial charge in [-0.3, -0.25) is 14.5 Å². The van der Waals surface area contributed by atoms with E-state index in [1.165, 1.54) is 0 Å². The minimum Gasteiger partial charge on any atom is -0.378 e. The van der Waals surface area contributed by atoms with Gasteiger partial charge in [0, 0.05) is 37.6 Å². The molecule has 1 saturated heterocycles. The molecule has 0 aromatic carbocycles. The summed E-state index contributed by atoms with van der Waals surface area (Å²) in [6.07, 6.45) is 9.88. The molecule has 0 bridgehead atoms. The third-order valence-corrected chi connectivity index (χ3v) is 7.38. The van der Waals surface area contributed by atoms with Crippen molar-refractivity contribution in [2.24, 2.45) is 11.8 Å². The Hall–Kier alpha value is -3.57. The number of fused-ring (bicyclic) bond motifs is 1. The second-order valence-corrected chi connectivity index (χ2v) is 9.98. The van der Waals surface area contributed by atoms with E-state index >= 15 is 0 Å². The number of hydrogen-bond acceptors (Lipinski definition) is 9. The zero-order chi connectivity index (χ0) is 25.4. The summed E-state index contributed by atoms with van der Waals surface area (Å²) in [5.74, 6) is 1.56. The van der Waals surface area contributed by atoms with Crippen molar-refractivity contribution in [3.63, 3.8) is 0 Å². The number of imidazole rings is 1. The number of anilines is 1. The fraction of sp³-hybridized carbons (Fsp3) is 0.440. The number of nitrogens with zero attached hydrogens (tertiary/aromatic N) is 7. The molecule has 5 heterocycles. The van der Waals surface area contributed by atoms with Gasteiger partial charge in [0.2, 0.25) is 17.6 Å². The first-order valence-electron chi connectivity index (χ1n) is 12.5. The van der Waals surface area contributed by atoms with Crippen LogP contribution in [0.25, 0.3) is 34.1 Å². The summed E-state index contributed by atoms with van der Waals surface area (Å²) < 4.78 is 12.6. The molecule has 192 valence electrons. The van der Waals surface area contributed by atoms with Crippen molar-refractivity contribution < 1.29 is 9.26 Å². The average Bonchev–Trinajstić information content (AvgIpc) is 3.53. The maximum Gasteiger partial charge on any atom is 0.439 e. The van der Waals surface area contributed by atoms with E-state index in [1.807, 2.05) is 6.07 Å². The Morgan fingerprint density at radius 1 is 1.14 bits per heavy atom. The number of ether oxygens (including phenoxy) is 1. The van der Waals surface area contributed by atoms with Gasteiger partial charge in [-0.1, -0.05) is 22.8 Å². The Morgan fingerprint density at radius 3 is 2.65 bits per heavy atom. The molecule has 0 amide bonds. The van der Waals surface area contributed by atoms with E-state index in [4.69, 9.17) is 35.8 Å². The van der Waals surface area contributed by atoms with Crippen LogP contribution in [0.5, 0.6) is 0 Å². The zero-order valence-corrected chi connectivity index (χ0v) is 21.0. The number of pyridine rings is 1. The smallest absolute Gasteiger partial charge is 0.378 e. The minimum atomic E-state index is -0.681.